The van der Waals surface area contributed by atoms with Gasteiger partial charge in [-0.1, -0.05) is 13.0 Å². The Morgan fingerprint density at radius 2 is 2.00 bits per heavy atom. The summed E-state index contributed by atoms with van der Waals surface area (Å²) in [6.07, 6.45) is 2.62. The van der Waals surface area contributed by atoms with Crippen molar-refractivity contribution in [1.29, 1.82) is 0 Å². The lowest BCUT2D eigenvalue weighted by Gasteiger charge is -2.06. The molecule has 2 amide bonds. The maximum atomic E-state index is 11.4. The maximum Gasteiger partial charge on any atom is 0.247 e. The van der Waals surface area contributed by atoms with Crippen molar-refractivity contribution in [3.05, 3.63) is 11.6 Å². The van der Waals surface area contributed by atoms with E-state index in [4.69, 9.17) is 4.74 Å². The van der Waals surface area contributed by atoms with Crippen LogP contribution in [0, 0.1) is 0 Å². The Kier molecular flexibility index (Phi) is 8.15. The zero-order valence-electron chi connectivity index (χ0n) is 10.1. The molecule has 2 N–H and O–H groups in total. The first-order valence-electron chi connectivity index (χ1n) is 5.32. The van der Waals surface area contributed by atoms with E-state index in [1.54, 1.807) is 14.0 Å². The topological polar surface area (TPSA) is 67.4 Å². The molecule has 0 unspecified atom stereocenters. The van der Waals surface area contributed by atoms with Crippen LogP contribution in [-0.2, 0) is 14.3 Å². The zero-order valence-corrected chi connectivity index (χ0v) is 10.1. The van der Waals surface area contributed by atoms with Gasteiger partial charge in [0.25, 0.3) is 0 Å². The van der Waals surface area contributed by atoms with E-state index < -0.39 is 0 Å². The van der Waals surface area contributed by atoms with Crippen molar-refractivity contribution >= 4 is 11.8 Å². The van der Waals surface area contributed by atoms with Gasteiger partial charge in [0.1, 0.15) is 0 Å². The Hall–Kier alpha value is -1.36. The Bertz CT molecular complexity index is 262. The highest BCUT2D eigenvalue weighted by atomic mass is 16.5. The first kappa shape index (κ1) is 14.6. The molecular formula is C11H20N2O3. The third-order valence-electron chi connectivity index (χ3n) is 1.91. The van der Waals surface area contributed by atoms with Crippen LogP contribution in [-0.4, -0.2) is 38.6 Å². The fourth-order valence-corrected chi connectivity index (χ4v) is 1.05. The molecule has 0 aromatic rings. The Labute approximate surface area is 96.2 Å². The predicted molar refractivity (Wildman–Crippen MR) is 61.9 cm³/mol. The molecule has 0 rings (SSSR count). The molecule has 0 spiro atoms. The summed E-state index contributed by atoms with van der Waals surface area (Å²) in [5.41, 5.74) is 0.632. The molecule has 0 saturated heterocycles. The van der Waals surface area contributed by atoms with Gasteiger partial charge in [0, 0.05) is 19.2 Å². The van der Waals surface area contributed by atoms with E-state index in [2.05, 4.69) is 10.6 Å². The van der Waals surface area contributed by atoms with Crippen molar-refractivity contribution in [3.8, 4) is 0 Å². The second-order valence-corrected chi connectivity index (χ2v) is 3.32. The standard InChI is InChI=1S/C11H20N2O3/c1-4-5-9(2)11(15)13-8-10(14)12-6-7-16-3/h5H,4,6-8H2,1-3H3,(H,12,14)(H,13,15)/b9-5-. The van der Waals surface area contributed by atoms with E-state index in [1.165, 1.54) is 0 Å². The number of carbonyl (C=O) groups is 2. The maximum absolute atomic E-state index is 11.4. The monoisotopic (exact) mass is 228 g/mol. The van der Waals surface area contributed by atoms with Gasteiger partial charge in [-0.15, -0.1) is 0 Å². The van der Waals surface area contributed by atoms with E-state index in [0.29, 0.717) is 18.7 Å². The van der Waals surface area contributed by atoms with Crippen LogP contribution in [0.5, 0.6) is 0 Å². The number of rotatable bonds is 7. The average Bonchev–Trinajstić information content (AvgIpc) is 2.26. The molecule has 92 valence electrons. The minimum Gasteiger partial charge on any atom is -0.383 e. The fraction of sp³-hybridized carbons (Fsp3) is 0.636. The van der Waals surface area contributed by atoms with Gasteiger partial charge in [0.05, 0.1) is 13.2 Å². The van der Waals surface area contributed by atoms with Gasteiger partial charge in [-0.25, -0.2) is 0 Å². The minimum absolute atomic E-state index is 0.00254. The van der Waals surface area contributed by atoms with Crippen molar-refractivity contribution in [2.45, 2.75) is 20.3 Å². The number of amides is 2. The highest BCUT2D eigenvalue weighted by molar-refractivity contribution is 5.95. The van der Waals surface area contributed by atoms with Gasteiger partial charge in [0.15, 0.2) is 0 Å². The van der Waals surface area contributed by atoms with Crippen molar-refractivity contribution in [1.82, 2.24) is 10.6 Å². The molecule has 0 atom stereocenters. The highest BCUT2D eigenvalue weighted by Gasteiger charge is 2.05. The minimum atomic E-state index is -0.213. The molecule has 0 radical (unpaired) electrons. The number of hydrogen-bond acceptors (Lipinski definition) is 3. The Morgan fingerprint density at radius 1 is 1.31 bits per heavy atom. The lowest BCUT2D eigenvalue weighted by Crippen LogP contribution is -2.38. The molecular weight excluding hydrogens is 208 g/mol. The molecule has 0 aromatic heterocycles. The average molecular weight is 228 g/mol. The molecule has 0 fully saturated rings. The summed E-state index contributed by atoms with van der Waals surface area (Å²) in [7, 11) is 1.56. The van der Waals surface area contributed by atoms with Crippen LogP contribution in [0.2, 0.25) is 0 Å². The van der Waals surface area contributed by atoms with E-state index in [1.807, 2.05) is 13.0 Å². The van der Waals surface area contributed by atoms with Crippen LogP contribution in [0.15, 0.2) is 11.6 Å². The van der Waals surface area contributed by atoms with E-state index in [-0.39, 0.29) is 18.4 Å². The second-order valence-electron chi connectivity index (χ2n) is 3.32. The summed E-state index contributed by atoms with van der Waals surface area (Å²) in [5.74, 6) is -0.418. The number of allylic oxidation sites excluding steroid dienone is 1. The van der Waals surface area contributed by atoms with Crippen LogP contribution in [0.1, 0.15) is 20.3 Å². The summed E-state index contributed by atoms with van der Waals surface area (Å²) in [4.78, 5) is 22.6. The number of carbonyl (C=O) groups excluding carboxylic acids is 2. The predicted octanol–water partition coefficient (Wildman–Crippen LogP) is 0.222. The molecule has 0 heterocycles. The molecule has 5 nitrogen and oxygen atoms in total. The number of ether oxygens (including phenoxy) is 1. The van der Waals surface area contributed by atoms with Gasteiger partial charge < -0.3 is 15.4 Å². The van der Waals surface area contributed by atoms with Crippen LogP contribution in [0.3, 0.4) is 0 Å². The Balaban J connectivity index is 3.75. The summed E-state index contributed by atoms with van der Waals surface area (Å²) in [6.45, 7) is 4.59. The van der Waals surface area contributed by atoms with Crippen LogP contribution in [0.4, 0.5) is 0 Å². The molecule has 0 aliphatic heterocycles. The quantitative estimate of drug-likeness (QED) is 0.484. The number of hydrogen-bond donors (Lipinski definition) is 2. The number of nitrogens with one attached hydrogen (secondary N) is 2. The first-order chi connectivity index (χ1) is 7.61. The van der Waals surface area contributed by atoms with E-state index in [0.717, 1.165) is 6.42 Å². The Morgan fingerprint density at radius 3 is 2.56 bits per heavy atom. The largest absolute Gasteiger partial charge is 0.383 e. The SMILES string of the molecule is CC/C=C(/C)C(=O)NCC(=O)NCCOC. The van der Waals surface area contributed by atoms with Crippen molar-refractivity contribution < 1.29 is 14.3 Å². The van der Waals surface area contributed by atoms with Crippen molar-refractivity contribution in [2.24, 2.45) is 0 Å². The van der Waals surface area contributed by atoms with Gasteiger partial charge in [-0.05, 0) is 13.3 Å². The van der Waals surface area contributed by atoms with Gasteiger partial charge in [-0.3, -0.25) is 9.59 Å². The zero-order chi connectivity index (χ0) is 12.4. The van der Waals surface area contributed by atoms with E-state index >= 15 is 0 Å². The van der Waals surface area contributed by atoms with Gasteiger partial charge in [0.2, 0.25) is 11.8 Å². The summed E-state index contributed by atoms with van der Waals surface area (Å²) in [6, 6.07) is 0. The lowest BCUT2D eigenvalue weighted by molar-refractivity contribution is -0.124. The van der Waals surface area contributed by atoms with Crippen LogP contribution in [0.25, 0.3) is 0 Å². The summed E-state index contributed by atoms with van der Waals surface area (Å²) in [5, 5.41) is 5.15. The van der Waals surface area contributed by atoms with Crippen molar-refractivity contribution in [3.63, 3.8) is 0 Å². The summed E-state index contributed by atoms with van der Waals surface area (Å²) < 4.78 is 4.78. The smallest absolute Gasteiger partial charge is 0.247 e. The van der Waals surface area contributed by atoms with Crippen LogP contribution >= 0.6 is 0 Å². The van der Waals surface area contributed by atoms with Gasteiger partial charge in [-0.2, -0.15) is 0 Å². The van der Waals surface area contributed by atoms with E-state index in [9.17, 15) is 9.59 Å². The summed E-state index contributed by atoms with van der Waals surface area (Å²) >= 11 is 0. The first-order valence-corrected chi connectivity index (χ1v) is 5.32. The second kappa shape index (κ2) is 8.91. The normalized spacial score (nSPS) is 11.1. The fourth-order valence-electron chi connectivity index (χ4n) is 1.05. The van der Waals surface area contributed by atoms with Crippen molar-refractivity contribution in [2.75, 3.05) is 26.8 Å². The molecule has 16 heavy (non-hydrogen) atoms. The molecule has 0 aliphatic carbocycles. The molecule has 0 bridgehead atoms. The molecule has 5 heteroatoms. The highest BCUT2D eigenvalue weighted by Crippen LogP contribution is 1.93. The lowest BCUT2D eigenvalue weighted by atomic mass is 10.2. The molecule has 0 saturated carbocycles. The molecule has 0 aliphatic rings. The third-order valence-corrected chi connectivity index (χ3v) is 1.91. The molecule has 0 aromatic carbocycles. The number of methoxy groups -OCH3 is 1. The van der Waals surface area contributed by atoms with Gasteiger partial charge >= 0.3 is 0 Å². The third kappa shape index (κ3) is 7.00. The van der Waals surface area contributed by atoms with Crippen LogP contribution < -0.4 is 10.6 Å².